The number of benzene rings is 1. The Kier molecular flexibility index (Phi) is 4.75. The zero-order valence-electron chi connectivity index (χ0n) is 10.5. The van der Waals surface area contributed by atoms with Gasteiger partial charge in [-0.05, 0) is 18.2 Å². The summed E-state index contributed by atoms with van der Waals surface area (Å²) in [6, 6.07) is 4.04. The van der Waals surface area contributed by atoms with E-state index in [4.69, 9.17) is 5.73 Å². The molecule has 0 fully saturated rings. The van der Waals surface area contributed by atoms with Gasteiger partial charge in [-0.25, -0.2) is 8.42 Å². The number of nitrogen functional groups attached to an aromatic ring is 1. The first-order valence-corrected chi connectivity index (χ1v) is 7.37. The van der Waals surface area contributed by atoms with E-state index in [0.717, 1.165) is 6.26 Å². The van der Waals surface area contributed by atoms with Crippen molar-refractivity contribution in [2.75, 3.05) is 37.1 Å². The van der Waals surface area contributed by atoms with Crippen molar-refractivity contribution in [3.8, 4) is 0 Å². The second-order valence-corrected chi connectivity index (χ2v) is 6.42. The number of sulfone groups is 1. The molecular formula is C11H18N2O5S. The molecule has 1 aromatic carbocycles. The molecule has 0 spiro atoms. The maximum atomic E-state index is 11.4. The summed E-state index contributed by atoms with van der Waals surface area (Å²) in [5.74, 6) is 0. The van der Waals surface area contributed by atoms with Crippen molar-refractivity contribution >= 4 is 21.2 Å². The van der Waals surface area contributed by atoms with Gasteiger partial charge in [0.15, 0.2) is 9.84 Å². The predicted molar refractivity (Wildman–Crippen MR) is 71.6 cm³/mol. The number of nitrogens with one attached hydrogen (secondary N) is 1. The highest BCUT2D eigenvalue weighted by atomic mass is 32.2. The predicted octanol–water partition coefficient (Wildman–Crippen LogP) is -1.20. The van der Waals surface area contributed by atoms with Crippen LogP contribution < -0.4 is 11.1 Å². The Hall–Kier alpha value is -1.35. The average molecular weight is 290 g/mol. The Morgan fingerprint density at radius 2 is 1.74 bits per heavy atom. The maximum absolute atomic E-state index is 11.4. The first kappa shape index (κ1) is 15.7. The minimum absolute atomic E-state index is 0.0677. The van der Waals surface area contributed by atoms with E-state index in [1.54, 1.807) is 0 Å². The van der Waals surface area contributed by atoms with Gasteiger partial charge in [0.1, 0.15) is 5.54 Å². The van der Waals surface area contributed by atoms with Crippen LogP contribution in [0.25, 0.3) is 0 Å². The van der Waals surface area contributed by atoms with E-state index in [-0.39, 0.29) is 10.6 Å². The minimum atomic E-state index is -3.36. The second-order valence-electron chi connectivity index (χ2n) is 4.40. The van der Waals surface area contributed by atoms with E-state index in [1.165, 1.54) is 18.2 Å². The fourth-order valence-corrected chi connectivity index (χ4v) is 2.10. The summed E-state index contributed by atoms with van der Waals surface area (Å²) < 4.78 is 22.7. The molecule has 7 nitrogen and oxygen atoms in total. The monoisotopic (exact) mass is 290 g/mol. The number of nitrogens with two attached hydrogens (primary N) is 1. The van der Waals surface area contributed by atoms with Crippen molar-refractivity contribution in [2.24, 2.45) is 0 Å². The highest BCUT2D eigenvalue weighted by Gasteiger charge is 2.28. The van der Waals surface area contributed by atoms with Gasteiger partial charge in [-0.15, -0.1) is 0 Å². The Balaban J connectivity index is 3.11. The van der Waals surface area contributed by atoms with Crippen LogP contribution in [0, 0.1) is 0 Å². The number of anilines is 2. The van der Waals surface area contributed by atoms with Crippen LogP contribution in [0.2, 0.25) is 0 Å². The Labute approximate surface area is 111 Å². The molecule has 0 amide bonds. The average Bonchev–Trinajstić information content (AvgIpc) is 2.37. The molecular weight excluding hydrogens is 272 g/mol. The summed E-state index contributed by atoms with van der Waals surface area (Å²) in [5, 5.41) is 30.3. The van der Waals surface area contributed by atoms with Gasteiger partial charge in [-0.3, -0.25) is 0 Å². The molecule has 19 heavy (non-hydrogen) atoms. The molecule has 0 saturated heterocycles. The number of aliphatic hydroxyl groups is 3. The number of hydrogen-bond donors (Lipinski definition) is 5. The van der Waals surface area contributed by atoms with Crippen molar-refractivity contribution in [3.63, 3.8) is 0 Å². The second kappa shape index (κ2) is 5.74. The fraction of sp³-hybridized carbons (Fsp3) is 0.455. The normalized spacial score (nSPS) is 12.4. The van der Waals surface area contributed by atoms with Crippen LogP contribution in [-0.2, 0) is 9.84 Å². The lowest BCUT2D eigenvalue weighted by molar-refractivity contribution is 0.0834. The summed E-state index contributed by atoms with van der Waals surface area (Å²) in [6.07, 6.45) is 1.06. The summed E-state index contributed by atoms with van der Waals surface area (Å²) in [5.41, 5.74) is 4.86. The first-order valence-electron chi connectivity index (χ1n) is 5.48. The van der Waals surface area contributed by atoms with Crippen LogP contribution in [0.1, 0.15) is 0 Å². The minimum Gasteiger partial charge on any atom is -0.397 e. The SMILES string of the molecule is CS(=O)(=O)c1ccc(NC(CO)(CO)CO)c(N)c1. The molecule has 0 aliphatic rings. The van der Waals surface area contributed by atoms with Crippen molar-refractivity contribution in [1.82, 2.24) is 0 Å². The van der Waals surface area contributed by atoms with Gasteiger partial charge in [0.05, 0.1) is 36.1 Å². The van der Waals surface area contributed by atoms with E-state index in [2.05, 4.69) is 5.32 Å². The fourth-order valence-electron chi connectivity index (χ4n) is 1.44. The van der Waals surface area contributed by atoms with Crippen LogP contribution in [0.3, 0.4) is 0 Å². The topological polar surface area (TPSA) is 133 Å². The van der Waals surface area contributed by atoms with E-state index >= 15 is 0 Å². The summed E-state index contributed by atoms with van der Waals surface area (Å²) in [6.45, 7) is -1.52. The zero-order chi connectivity index (χ0) is 14.7. The Bertz CT molecular complexity index is 532. The molecule has 0 heterocycles. The molecule has 0 aliphatic carbocycles. The van der Waals surface area contributed by atoms with Crippen LogP contribution in [-0.4, -0.2) is 55.4 Å². The van der Waals surface area contributed by atoms with Gasteiger partial charge in [-0.1, -0.05) is 0 Å². The van der Waals surface area contributed by atoms with Crippen molar-refractivity contribution in [1.29, 1.82) is 0 Å². The lowest BCUT2D eigenvalue weighted by Gasteiger charge is -2.30. The summed E-state index contributed by atoms with van der Waals surface area (Å²) in [4.78, 5) is 0.0677. The van der Waals surface area contributed by atoms with Crippen LogP contribution >= 0.6 is 0 Å². The standard InChI is InChI=1S/C11H18N2O5S/c1-19(17,18)8-2-3-10(9(12)4-8)13-11(5-14,6-15)7-16/h2-4,13-16H,5-7,12H2,1H3. The van der Waals surface area contributed by atoms with Crippen LogP contribution in [0.4, 0.5) is 11.4 Å². The van der Waals surface area contributed by atoms with E-state index in [1.807, 2.05) is 0 Å². The molecule has 0 aromatic heterocycles. The number of rotatable bonds is 6. The Morgan fingerprint density at radius 3 is 2.11 bits per heavy atom. The quantitative estimate of drug-likeness (QED) is 0.416. The molecule has 8 heteroatoms. The van der Waals surface area contributed by atoms with Crippen molar-refractivity contribution in [2.45, 2.75) is 10.4 Å². The first-order chi connectivity index (χ1) is 8.78. The van der Waals surface area contributed by atoms with E-state index in [0.29, 0.717) is 5.69 Å². The third-order valence-corrected chi connectivity index (χ3v) is 3.87. The number of aliphatic hydroxyl groups excluding tert-OH is 3. The Morgan fingerprint density at radius 1 is 1.21 bits per heavy atom. The molecule has 0 aliphatic heterocycles. The molecule has 0 atom stereocenters. The molecule has 0 unspecified atom stereocenters. The zero-order valence-corrected chi connectivity index (χ0v) is 11.3. The molecule has 1 aromatic rings. The molecule has 6 N–H and O–H groups in total. The summed E-state index contributed by atoms with van der Waals surface area (Å²) >= 11 is 0. The smallest absolute Gasteiger partial charge is 0.175 e. The molecule has 1 rings (SSSR count). The highest BCUT2D eigenvalue weighted by molar-refractivity contribution is 7.90. The van der Waals surface area contributed by atoms with Gasteiger partial charge in [0.2, 0.25) is 0 Å². The van der Waals surface area contributed by atoms with Crippen LogP contribution in [0.15, 0.2) is 23.1 Å². The van der Waals surface area contributed by atoms with E-state index < -0.39 is 35.2 Å². The third-order valence-electron chi connectivity index (χ3n) is 2.76. The summed E-state index contributed by atoms with van der Waals surface area (Å²) in [7, 11) is -3.36. The maximum Gasteiger partial charge on any atom is 0.175 e. The van der Waals surface area contributed by atoms with Gasteiger partial charge < -0.3 is 26.4 Å². The lowest BCUT2D eigenvalue weighted by Crippen LogP contribution is -2.49. The molecule has 108 valence electrons. The lowest BCUT2D eigenvalue weighted by atomic mass is 10.0. The third kappa shape index (κ3) is 3.57. The van der Waals surface area contributed by atoms with E-state index in [9.17, 15) is 23.7 Å². The van der Waals surface area contributed by atoms with Crippen LogP contribution in [0.5, 0.6) is 0 Å². The van der Waals surface area contributed by atoms with Gasteiger partial charge in [-0.2, -0.15) is 0 Å². The largest absolute Gasteiger partial charge is 0.397 e. The molecule has 0 bridgehead atoms. The number of hydrogen-bond acceptors (Lipinski definition) is 7. The molecule has 0 saturated carbocycles. The van der Waals surface area contributed by atoms with Gasteiger partial charge in [0.25, 0.3) is 0 Å². The van der Waals surface area contributed by atoms with Crippen molar-refractivity contribution < 1.29 is 23.7 Å². The van der Waals surface area contributed by atoms with Crippen molar-refractivity contribution in [3.05, 3.63) is 18.2 Å². The van der Waals surface area contributed by atoms with Gasteiger partial charge in [0, 0.05) is 6.26 Å². The molecule has 0 radical (unpaired) electrons. The highest BCUT2D eigenvalue weighted by Crippen LogP contribution is 2.25. The van der Waals surface area contributed by atoms with Gasteiger partial charge >= 0.3 is 0 Å².